The zero-order chi connectivity index (χ0) is 19.7. The van der Waals surface area contributed by atoms with Gasteiger partial charge >= 0.3 is 0 Å². The molecule has 0 aliphatic carbocycles. The van der Waals surface area contributed by atoms with Gasteiger partial charge in [0, 0.05) is 18.1 Å². The van der Waals surface area contributed by atoms with E-state index in [2.05, 4.69) is 4.98 Å². The van der Waals surface area contributed by atoms with Gasteiger partial charge in [-0.3, -0.25) is 4.98 Å². The number of pyridine rings is 1. The van der Waals surface area contributed by atoms with Crippen LogP contribution in [0.1, 0.15) is 12.5 Å². The van der Waals surface area contributed by atoms with E-state index >= 15 is 0 Å². The minimum Gasteiger partial charge on any atom is -0.486 e. The predicted molar refractivity (Wildman–Crippen MR) is 107 cm³/mol. The molecule has 7 heteroatoms. The summed E-state index contributed by atoms with van der Waals surface area (Å²) in [4.78, 5) is 4.62. The van der Waals surface area contributed by atoms with E-state index in [1.807, 2.05) is 38.1 Å². The Balaban J connectivity index is 1.64. The predicted octanol–water partition coefficient (Wildman–Crippen LogP) is 3.39. The molecule has 1 aliphatic heterocycles. The average molecular weight is 398 g/mol. The summed E-state index contributed by atoms with van der Waals surface area (Å²) in [5, 5.41) is 0.632. The summed E-state index contributed by atoms with van der Waals surface area (Å²) in [6.45, 7) is 4.60. The van der Waals surface area contributed by atoms with Crippen molar-refractivity contribution in [2.45, 2.75) is 24.8 Å². The number of likely N-dealkylation sites (N-methyl/N-ethyl adjacent to an activating group) is 1. The topological polar surface area (TPSA) is 68.7 Å². The lowest BCUT2D eigenvalue weighted by atomic mass is 10.1. The molecule has 1 atom stereocenters. The number of aromatic nitrogens is 1. The molecule has 1 unspecified atom stereocenters. The van der Waals surface area contributed by atoms with E-state index in [0.29, 0.717) is 35.6 Å². The lowest BCUT2D eigenvalue weighted by molar-refractivity contribution is 0.0771. The molecule has 3 aromatic rings. The third kappa shape index (κ3) is 3.31. The van der Waals surface area contributed by atoms with Gasteiger partial charge in [0.05, 0.1) is 17.0 Å². The van der Waals surface area contributed by atoms with E-state index in [4.69, 9.17) is 9.47 Å². The average Bonchev–Trinajstić information content (AvgIpc) is 2.72. The molecule has 28 heavy (non-hydrogen) atoms. The van der Waals surface area contributed by atoms with Crippen LogP contribution in [0.15, 0.2) is 59.6 Å². The number of benzene rings is 2. The maximum atomic E-state index is 13.4. The molecule has 1 aromatic heterocycles. The number of fused-ring (bicyclic) bond motifs is 2. The Morgan fingerprint density at radius 2 is 1.89 bits per heavy atom. The van der Waals surface area contributed by atoms with Crippen molar-refractivity contribution in [1.29, 1.82) is 0 Å². The number of para-hydroxylation sites is 2. The third-order valence-corrected chi connectivity index (χ3v) is 6.88. The first-order valence-corrected chi connectivity index (χ1v) is 10.7. The zero-order valence-electron chi connectivity index (χ0n) is 15.8. The van der Waals surface area contributed by atoms with Crippen molar-refractivity contribution in [2.24, 2.45) is 0 Å². The number of hydrogen-bond donors (Lipinski definition) is 0. The zero-order valence-corrected chi connectivity index (χ0v) is 16.6. The number of rotatable bonds is 5. The van der Waals surface area contributed by atoms with Crippen molar-refractivity contribution in [3.8, 4) is 11.5 Å². The maximum absolute atomic E-state index is 13.4. The van der Waals surface area contributed by atoms with E-state index < -0.39 is 10.0 Å². The van der Waals surface area contributed by atoms with Crippen LogP contribution in [0, 0.1) is 6.92 Å². The summed E-state index contributed by atoms with van der Waals surface area (Å²) in [5.74, 6) is 1.32. The van der Waals surface area contributed by atoms with Crippen LogP contribution < -0.4 is 9.47 Å². The lowest BCUT2D eigenvalue weighted by Gasteiger charge is -2.30. The highest BCUT2D eigenvalue weighted by molar-refractivity contribution is 7.89. The van der Waals surface area contributed by atoms with Gasteiger partial charge in [0.25, 0.3) is 0 Å². The van der Waals surface area contributed by atoms with Gasteiger partial charge in [-0.15, -0.1) is 0 Å². The smallest absolute Gasteiger partial charge is 0.243 e. The van der Waals surface area contributed by atoms with Gasteiger partial charge in [-0.05, 0) is 42.8 Å². The monoisotopic (exact) mass is 398 g/mol. The molecule has 0 spiro atoms. The fourth-order valence-corrected chi connectivity index (χ4v) is 5.09. The molecule has 0 fully saturated rings. The molecular weight excluding hydrogens is 376 g/mol. The van der Waals surface area contributed by atoms with Gasteiger partial charge in [0.1, 0.15) is 12.7 Å². The van der Waals surface area contributed by atoms with Crippen molar-refractivity contribution >= 4 is 20.9 Å². The van der Waals surface area contributed by atoms with Crippen molar-refractivity contribution in [3.63, 3.8) is 0 Å². The summed E-state index contributed by atoms with van der Waals surface area (Å²) in [6, 6.07) is 14.4. The highest BCUT2D eigenvalue weighted by Crippen LogP contribution is 2.32. The summed E-state index contributed by atoms with van der Waals surface area (Å²) < 4.78 is 39.9. The Labute approximate surface area is 164 Å². The maximum Gasteiger partial charge on any atom is 0.243 e. The fraction of sp³-hybridized carbons (Fsp3) is 0.286. The Bertz CT molecular complexity index is 1110. The molecule has 0 saturated heterocycles. The highest BCUT2D eigenvalue weighted by Gasteiger charge is 2.30. The van der Waals surface area contributed by atoms with Crippen LogP contribution in [0.25, 0.3) is 10.9 Å². The Hall–Kier alpha value is -2.64. The van der Waals surface area contributed by atoms with Gasteiger partial charge in [-0.25, -0.2) is 8.42 Å². The third-order valence-electron chi connectivity index (χ3n) is 4.88. The normalized spacial score (nSPS) is 16.5. The number of sulfonamides is 1. The molecule has 0 N–H and O–H groups in total. The van der Waals surface area contributed by atoms with Crippen LogP contribution in [0.3, 0.4) is 0 Å². The first-order chi connectivity index (χ1) is 13.5. The van der Waals surface area contributed by atoms with Crippen molar-refractivity contribution in [3.05, 3.63) is 60.3 Å². The van der Waals surface area contributed by atoms with Gasteiger partial charge < -0.3 is 9.47 Å². The van der Waals surface area contributed by atoms with E-state index in [1.165, 1.54) is 4.31 Å². The van der Waals surface area contributed by atoms with Crippen LogP contribution in [0.5, 0.6) is 11.5 Å². The van der Waals surface area contributed by atoms with Gasteiger partial charge in [-0.2, -0.15) is 4.31 Å². The van der Waals surface area contributed by atoms with E-state index in [9.17, 15) is 8.42 Å². The SMILES string of the molecule is CCN(CC1COc2ccccc2O1)S(=O)(=O)c1ccc(C)c2ncccc12. The Morgan fingerprint density at radius 3 is 2.68 bits per heavy atom. The molecule has 2 heterocycles. The summed E-state index contributed by atoms with van der Waals surface area (Å²) in [5.41, 5.74) is 1.64. The van der Waals surface area contributed by atoms with Gasteiger partial charge in [-0.1, -0.05) is 25.1 Å². The standard InChI is InChI=1S/C21H22N2O4S/c1-3-23(13-16-14-26-18-8-4-5-9-19(18)27-16)28(24,25)20-11-10-15(2)21-17(20)7-6-12-22-21/h4-12,16H,3,13-14H2,1-2H3. The fourth-order valence-electron chi connectivity index (χ4n) is 3.43. The Morgan fingerprint density at radius 1 is 1.11 bits per heavy atom. The summed E-state index contributed by atoms with van der Waals surface area (Å²) in [6.07, 6.45) is 1.30. The second-order valence-electron chi connectivity index (χ2n) is 6.73. The minimum absolute atomic E-state index is 0.211. The lowest BCUT2D eigenvalue weighted by Crippen LogP contribution is -2.43. The molecule has 4 rings (SSSR count). The van der Waals surface area contributed by atoms with E-state index in [1.54, 1.807) is 30.5 Å². The molecule has 0 bridgehead atoms. The van der Waals surface area contributed by atoms with Crippen LogP contribution >= 0.6 is 0 Å². The number of hydrogen-bond acceptors (Lipinski definition) is 5. The van der Waals surface area contributed by atoms with Crippen LogP contribution in [0.4, 0.5) is 0 Å². The molecular formula is C21H22N2O4S. The molecule has 0 saturated carbocycles. The van der Waals surface area contributed by atoms with Gasteiger partial charge in [0.15, 0.2) is 11.5 Å². The summed E-state index contributed by atoms with van der Waals surface area (Å²) >= 11 is 0. The highest BCUT2D eigenvalue weighted by atomic mass is 32.2. The van der Waals surface area contributed by atoms with E-state index in [0.717, 1.165) is 5.56 Å². The second-order valence-corrected chi connectivity index (χ2v) is 8.64. The molecule has 0 amide bonds. The van der Waals surface area contributed by atoms with Crippen molar-refractivity contribution in [2.75, 3.05) is 19.7 Å². The first-order valence-electron chi connectivity index (χ1n) is 9.23. The molecule has 2 aromatic carbocycles. The first kappa shape index (κ1) is 18.7. The van der Waals surface area contributed by atoms with E-state index in [-0.39, 0.29) is 17.5 Å². The van der Waals surface area contributed by atoms with Crippen LogP contribution in [-0.4, -0.2) is 43.5 Å². The molecule has 1 aliphatic rings. The second kappa shape index (κ2) is 7.41. The number of nitrogens with zero attached hydrogens (tertiary/aromatic N) is 2. The number of ether oxygens (including phenoxy) is 2. The molecule has 0 radical (unpaired) electrons. The quantitative estimate of drug-likeness (QED) is 0.659. The van der Waals surface area contributed by atoms with Gasteiger partial charge in [0.2, 0.25) is 10.0 Å². The van der Waals surface area contributed by atoms with Crippen molar-refractivity contribution in [1.82, 2.24) is 9.29 Å². The summed E-state index contributed by atoms with van der Waals surface area (Å²) in [7, 11) is -3.71. The van der Waals surface area contributed by atoms with Crippen LogP contribution in [-0.2, 0) is 10.0 Å². The minimum atomic E-state index is -3.71. The van der Waals surface area contributed by atoms with Crippen molar-refractivity contribution < 1.29 is 17.9 Å². The largest absolute Gasteiger partial charge is 0.486 e. The molecule has 6 nitrogen and oxygen atoms in total. The molecule has 146 valence electrons. The van der Waals surface area contributed by atoms with Crippen LogP contribution in [0.2, 0.25) is 0 Å². The Kier molecular flexibility index (Phi) is 4.95. The number of aryl methyl sites for hydroxylation is 1.